The number of hydrogen-bond acceptors (Lipinski definition) is 5. The molecular weight excluding hydrogens is 262 g/mol. The molecule has 0 aliphatic carbocycles. The monoisotopic (exact) mass is 275 g/mol. The van der Waals surface area contributed by atoms with Gasteiger partial charge in [-0.1, -0.05) is 29.9 Å². The van der Waals surface area contributed by atoms with Crippen molar-refractivity contribution in [1.29, 1.82) is 0 Å². The zero-order valence-electron chi connectivity index (χ0n) is 9.86. The average molecular weight is 276 g/mol. The third-order valence-electron chi connectivity index (χ3n) is 2.27. The van der Waals surface area contributed by atoms with Crippen molar-refractivity contribution in [2.45, 2.75) is 6.92 Å². The third-order valence-corrected chi connectivity index (χ3v) is 3.77. The van der Waals surface area contributed by atoms with E-state index >= 15 is 0 Å². The number of hydrogen-bond donors (Lipinski definition) is 1. The Hall–Kier alpha value is -1.14. The highest BCUT2D eigenvalue weighted by molar-refractivity contribution is 7.17. The van der Waals surface area contributed by atoms with E-state index in [1.165, 1.54) is 11.3 Å². The van der Waals surface area contributed by atoms with Crippen molar-refractivity contribution in [2.24, 2.45) is 5.92 Å². The summed E-state index contributed by atoms with van der Waals surface area (Å²) >= 11 is 6.99. The van der Waals surface area contributed by atoms with Gasteiger partial charge in [0, 0.05) is 20.6 Å². The van der Waals surface area contributed by atoms with Crippen LogP contribution in [0.3, 0.4) is 0 Å². The standard InChI is InChI=1S/C10H14ClN3O2S/c1-6(9(16)12-2)4-14(3)10-13-8(11)7(5-15)17-10/h5-6H,4H2,1-3H3,(H,12,16). The maximum atomic E-state index is 11.4. The number of carbonyl (C=O) groups excluding carboxylic acids is 2. The lowest BCUT2D eigenvalue weighted by atomic mass is 10.1. The van der Waals surface area contributed by atoms with Crippen molar-refractivity contribution in [3.63, 3.8) is 0 Å². The number of aldehydes is 1. The van der Waals surface area contributed by atoms with Gasteiger partial charge in [-0.25, -0.2) is 4.98 Å². The topological polar surface area (TPSA) is 62.3 Å². The van der Waals surface area contributed by atoms with Gasteiger partial charge < -0.3 is 10.2 Å². The Morgan fingerprint density at radius 1 is 1.71 bits per heavy atom. The Labute approximate surface area is 109 Å². The van der Waals surface area contributed by atoms with Gasteiger partial charge in [-0.05, 0) is 0 Å². The first-order valence-electron chi connectivity index (χ1n) is 5.03. The van der Waals surface area contributed by atoms with Crippen LogP contribution in [0.2, 0.25) is 5.15 Å². The summed E-state index contributed by atoms with van der Waals surface area (Å²) in [5.41, 5.74) is 0. The number of amides is 1. The van der Waals surface area contributed by atoms with Crippen molar-refractivity contribution in [3.05, 3.63) is 10.0 Å². The smallest absolute Gasteiger partial charge is 0.224 e. The molecule has 0 radical (unpaired) electrons. The second-order valence-corrected chi connectivity index (χ2v) is 5.03. The Bertz CT molecular complexity index is 422. The van der Waals surface area contributed by atoms with Gasteiger partial charge in [0.25, 0.3) is 0 Å². The van der Waals surface area contributed by atoms with Crippen LogP contribution in [0.1, 0.15) is 16.6 Å². The quantitative estimate of drug-likeness (QED) is 0.826. The number of nitrogens with zero attached hydrogens (tertiary/aromatic N) is 2. The lowest BCUT2D eigenvalue weighted by Crippen LogP contribution is -2.34. The summed E-state index contributed by atoms with van der Waals surface area (Å²) < 4.78 is 0. The molecule has 1 rings (SSSR count). The average Bonchev–Trinajstić information content (AvgIpc) is 2.69. The van der Waals surface area contributed by atoms with Gasteiger partial charge in [-0.3, -0.25) is 9.59 Å². The minimum Gasteiger partial charge on any atom is -0.359 e. The number of carbonyl (C=O) groups is 2. The summed E-state index contributed by atoms with van der Waals surface area (Å²) in [6.45, 7) is 2.34. The number of halogens is 1. The fraction of sp³-hybridized carbons (Fsp3) is 0.500. The third kappa shape index (κ3) is 3.41. The second kappa shape index (κ2) is 5.97. The van der Waals surface area contributed by atoms with E-state index in [9.17, 15) is 9.59 Å². The molecule has 0 aliphatic rings. The Kier molecular flexibility index (Phi) is 4.89. The first kappa shape index (κ1) is 13.9. The maximum absolute atomic E-state index is 11.4. The van der Waals surface area contributed by atoms with Crippen LogP contribution in [0.25, 0.3) is 0 Å². The molecule has 0 saturated carbocycles. The molecule has 17 heavy (non-hydrogen) atoms. The number of thiazole rings is 1. The SMILES string of the molecule is CNC(=O)C(C)CN(C)c1nc(Cl)c(C=O)s1. The van der Waals surface area contributed by atoms with Crippen molar-refractivity contribution in [1.82, 2.24) is 10.3 Å². The molecule has 0 bridgehead atoms. The van der Waals surface area contributed by atoms with E-state index in [4.69, 9.17) is 11.6 Å². The highest BCUT2D eigenvalue weighted by atomic mass is 35.5. The molecule has 0 aliphatic heterocycles. The van der Waals surface area contributed by atoms with E-state index in [2.05, 4.69) is 10.3 Å². The van der Waals surface area contributed by atoms with Crippen LogP contribution >= 0.6 is 22.9 Å². The molecule has 1 unspecified atom stereocenters. The Balaban J connectivity index is 2.72. The maximum Gasteiger partial charge on any atom is 0.224 e. The summed E-state index contributed by atoms with van der Waals surface area (Å²) in [6.07, 6.45) is 0.680. The number of aromatic nitrogens is 1. The van der Waals surface area contributed by atoms with E-state index in [1.54, 1.807) is 7.05 Å². The molecular formula is C10H14ClN3O2S. The first-order valence-corrected chi connectivity index (χ1v) is 6.23. The van der Waals surface area contributed by atoms with Crippen LogP contribution in [0.4, 0.5) is 5.13 Å². The number of nitrogens with one attached hydrogen (secondary N) is 1. The summed E-state index contributed by atoms with van der Waals surface area (Å²) in [6, 6.07) is 0. The van der Waals surface area contributed by atoms with Crippen LogP contribution in [0.5, 0.6) is 0 Å². The summed E-state index contributed by atoms with van der Waals surface area (Å²) in [4.78, 5) is 28.3. The van der Waals surface area contributed by atoms with Gasteiger partial charge in [-0.2, -0.15) is 0 Å². The van der Waals surface area contributed by atoms with Gasteiger partial charge in [0.2, 0.25) is 5.91 Å². The van der Waals surface area contributed by atoms with Crippen LogP contribution in [0.15, 0.2) is 0 Å². The molecule has 0 spiro atoms. The first-order chi connectivity index (χ1) is 7.99. The zero-order valence-corrected chi connectivity index (χ0v) is 11.4. The summed E-state index contributed by atoms with van der Waals surface area (Å²) in [5, 5.41) is 3.42. The predicted molar refractivity (Wildman–Crippen MR) is 69.0 cm³/mol. The van der Waals surface area contributed by atoms with E-state index < -0.39 is 0 Å². The molecule has 5 nitrogen and oxygen atoms in total. The van der Waals surface area contributed by atoms with Crippen molar-refractivity contribution in [3.8, 4) is 0 Å². The Morgan fingerprint density at radius 3 is 2.82 bits per heavy atom. The fourth-order valence-electron chi connectivity index (χ4n) is 1.36. The highest BCUT2D eigenvalue weighted by Gasteiger charge is 2.17. The highest BCUT2D eigenvalue weighted by Crippen LogP contribution is 2.27. The summed E-state index contributed by atoms with van der Waals surface area (Å²) in [5.74, 6) is -0.192. The zero-order chi connectivity index (χ0) is 13.0. The van der Waals surface area contributed by atoms with E-state index in [0.717, 1.165) is 0 Å². The van der Waals surface area contributed by atoms with Gasteiger partial charge in [0.15, 0.2) is 16.6 Å². The molecule has 0 aromatic carbocycles. The number of anilines is 1. The van der Waals surface area contributed by atoms with Crippen LogP contribution in [-0.4, -0.2) is 37.8 Å². The molecule has 0 saturated heterocycles. The van der Waals surface area contributed by atoms with Gasteiger partial charge >= 0.3 is 0 Å². The molecule has 7 heteroatoms. The lowest BCUT2D eigenvalue weighted by Gasteiger charge is -2.19. The van der Waals surface area contributed by atoms with Crippen molar-refractivity contribution >= 4 is 40.3 Å². The van der Waals surface area contributed by atoms with Gasteiger partial charge in [0.05, 0.1) is 5.92 Å². The molecule has 1 amide bonds. The van der Waals surface area contributed by atoms with Crippen molar-refractivity contribution in [2.75, 3.05) is 25.5 Å². The minimum atomic E-state index is -0.160. The minimum absolute atomic E-state index is 0.0323. The molecule has 0 fully saturated rings. The molecule has 1 aromatic heterocycles. The molecule has 94 valence electrons. The normalized spacial score (nSPS) is 12.0. The number of rotatable bonds is 5. The van der Waals surface area contributed by atoms with Crippen LogP contribution in [0, 0.1) is 5.92 Å². The fourth-order valence-corrected chi connectivity index (χ4v) is 2.39. The van der Waals surface area contributed by atoms with Gasteiger partial charge in [-0.15, -0.1) is 0 Å². The lowest BCUT2D eigenvalue weighted by molar-refractivity contribution is -0.123. The molecule has 1 aromatic rings. The second-order valence-electron chi connectivity index (χ2n) is 3.67. The van der Waals surface area contributed by atoms with Crippen LogP contribution < -0.4 is 10.2 Å². The van der Waals surface area contributed by atoms with E-state index in [1.807, 2.05) is 18.9 Å². The Morgan fingerprint density at radius 2 is 2.35 bits per heavy atom. The van der Waals surface area contributed by atoms with Crippen molar-refractivity contribution < 1.29 is 9.59 Å². The van der Waals surface area contributed by atoms with Crippen LogP contribution in [-0.2, 0) is 4.79 Å². The molecule has 1 N–H and O–H groups in total. The largest absolute Gasteiger partial charge is 0.359 e. The van der Waals surface area contributed by atoms with E-state index in [-0.39, 0.29) is 17.0 Å². The van der Waals surface area contributed by atoms with Gasteiger partial charge in [0.1, 0.15) is 4.88 Å². The predicted octanol–water partition coefficient (Wildman–Crippen LogP) is 1.43. The summed E-state index contributed by atoms with van der Waals surface area (Å²) in [7, 11) is 3.41. The molecule has 1 atom stereocenters. The molecule has 1 heterocycles. The van der Waals surface area contributed by atoms with E-state index in [0.29, 0.717) is 22.8 Å².